The van der Waals surface area contributed by atoms with Crippen LogP contribution in [-0.4, -0.2) is 76.3 Å². The third kappa shape index (κ3) is 6.21. The van der Waals surface area contributed by atoms with Crippen molar-refractivity contribution in [2.45, 2.75) is 56.3 Å². The lowest BCUT2D eigenvalue weighted by Gasteiger charge is -2.37. The van der Waals surface area contributed by atoms with Gasteiger partial charge in [-0.3, -0.25) is 4.99 Å². The lowest BCUT2D eigenvalue weighted by atomic mass is 9.73. The Morgan fingerprint density at radius 1 is 0.939 bits per heavy atom. The maximum Gasteiger partial charge on any atom is 0.161 e. The van der Waals surface area contributed by atoms with Gasteiger partial charge in [0.05, 0.1) is 38.3 Å². The first kappa shape index (κ1) is 32.9. The van der Waals surface area contributed by atoms with Crippen LogP contribution in [-0.2, 0) is 25.7 Å². The zero-order valence-electron chi connectivity index (χ0n) is 27.3. The summed E-state index contributed by atoms with van der Waals surface area (Å²) in [4.78, 5) is 4.52. The van der Waals surface area contributed by atoms with Gasteiger partial charge in [0.2, 0.25) is 0 Å². The molecule has 4 aromatic rings. The number of rotatable bonds is 11. The number of ether oxygens (including phenoxy) is 3. The van der Waals surface area contributed by atoms with Crippen LogP contribution in [0.3, 0.4) is 0 Å². The number of aryl methyl sites for hydroxylation is 1. The molecule has 0 radical (unpaired) electrons. The van der Waals surface area contributed by atoms with Gasteiger partial charge in [0.1, 0.15) is 29.5 Å². The molecule has 10 nitrogen and oxygen atoms in total. The lowest BCUT2D eigenvalue weighted by Crippen LogP contribution is -2.32. The predicted octanol–water partition coefficient (Wildman–Crippen LogP) is 2.76. The van der Waals surface area contributed by atoms with Crippen molar-refractivity contribution < 1.29 is 44.8 Å². The van der Waals surface area contributed by atoms with Gasteiger partial charge >= 0.3 is 0 Å². The standard InChI is InChI=1S/C39H41NO9/c1-47-36-15-25(13-23(38(36)46)3-2-10-41)39-33(45)17-30-31-14-24(12-21-4-7-32-22(11-21)8-9-40-32)29-16-26(44)5-6-28(29)37(31)35(18-34(30)49-39)48-27(19-42)20-43/h4-8,11,13,15-16,18,24,27,33,39,41-46H,2-3,9-10,12,14,17,19-20H2,1H3/t24-,33-,39-/m1/s1. The summed E-state index contributed by atoms with van der Waals surface area (Å²) >= 11 is 0. The van der Waals surface area contributed by atoms with Crippen LogP contribution in [0.15, 0.2) is 59.6 Å². The second kappa shape index (κ2) is 13.7. The van der Waals surface area contributed by atoms with E-state index in [1.54, 1.807) is 30.3 Å². The number of hydrogen-bond donors (Lipinski definition) is 6. The molecule has 49 heavy (non-hydrogen) atoms. The molecule has 0 bridgehead atoms. The first-order valence-corrected chi connectivity index (χ1v) is 16.7. The number of benzene rings is 4. The quantitative estimate of drug-likeness (QED) is 0.141. The molecule has 3 aliphatic rings. The highest BCUT2D eigenvalue weighted by molar-refractivity contribution is 5.83. The minimum absolute atomic E-state index is 0.0133. The monoisotopic (exact) mass is 667 g/mol. The molecule has 0 unspecified atom stereocenters. The summed E-state index contributed by atoms with van der Waals surface area (Å²) in [7, 11) is 1.46. The Balaban J connectivity index is 1.34. The maximum absolute atomic E-state index is 11.7. The molecule has 1 aliphatic carbocycles. The molecule has 3 atom stereocenters. The Labute approximate surface area is 283 Å². The van der Waals surface area contributed by atoms with Crippen LogP contribution >= 0.6 is 0 Å². The van der Waals surface area contributed by atoms with Crippen molar-refractivity contribution in [2.75, 3.05) is 33.5 Å². The summed E-state index contributed by atoms with van der Waals surface area (Å²) in [6.07, 6.45) is 1.88. The van der Waals surface area contributed by atoms with Crippen molar-refractivity contribution in [3.8, 4) is 39.9 Å². The van der Waals surface area contributed by atoms with Gasteiger partial charge in [-0.05, 0) is 107 Å². The average Bonchev–Trinajstić information content (AvgIpc) is 3.58. The largest absolute Gasteiger partial charge is 0.508 e. The smallest absolute Gasteiger partial charge is 0.161 e. The molecule has 0 spiro atoms. The van der Waals surface area contributed by atoms with E-state index in [2.05, 4.69) is 23.2 Å². The number of hydrogen-bond acceptors (Lipinski definition) is 10. The van der Waals surface area contributed by atoms with Crippen molar-refractivity contribution in [1.29, 1.82) is 0 Å². The molecular formula is C39H41NO9. The van der Waals surface area contributed by atoms with E-state index >= 15 is 0 Å². The van der Waals surface area contributed by atoms with E-state index in [4.69, 9.17) is 14.2 Å². The van der Waals surface area contributed by atoms with Gasteiger partial charge in [-0.1, -0.05) is 18.2 Å². The fraction of sp³-hybridized carbons (Fsp3) is 0.359. The Morgan fingerprint density at radius 2 is 1.78 bits per heavy atom. The van der Waals surface area contributed by atoms with Crippen LogP contribution in [0.4, 0.5) is 0 Å². The van der Waals surface area contributed by atoms with Gasteiger partial charge in [-0.15, -0.1) is 0 Å². The van der Waals surface area contributed by atoms with E-state index in [1.165, 1.54) is 7.11 Å². The van der Waals surface area contributed by atoms with Gasteiger partial charge < -0.3 is 44.8 Å². The van der Waals surface area contributed by atoms with Crippen LogP contribution in [0.5, 0.6) is 28.7 Å². The summed E-state index contributed by atoms with van der Waals surface area (Å²) in [6, 6.07) is 16.8. The van der Waals surface area contributed by atoms with Crippen LogP contribution in [0, 0.1) is 0 Å². The fourth-order valence-electron chi connectivity index (χ4n) is 7.49. The number of fused-ring (bicyclic) bond motifs is 6. The average molecular weight is 668 g/mol. The summed E-state index contributed by atoms with van der Waals surface area (Å²) in [5.41, 5.74) is 6.72. The van der Waals surface area contributed by atoms with E-state index in [-0.39, 0.29) is 36.2 Å². The highest BCUT2D eigenvalue weighted by Gasteiger charge is 2.38. The van der Waals surface area contributed by atoms with E-state index < -0.39 is 31.5 Å². The topological polar surface area (TPSA) is 161 Å². The third-order valence-corrected chi connectivity index (χ3v) is 9.86. The fourth-order valence-corrected chi connectivity index (χ4v) is 7.49. The van der Waals surface area contributed by atoms with E-state index in [1.807, 2.05) is 12.1 Å². The summed E-state index contributed by atoms with van der Waals surface area (Å²) in [5.74, 6) is 1.29. The van der Waals surface area contributed by atoms with Gasteiger partial charge in [0, 0.05) is 30.2 Å². The second-order valence-corrected chi connectivity index (χ2v) is 13.0. The summed E-state index contributed by atoms with van der Waals surface area (Å²) in [5, 5.41) is 64.5. The zero-order chi connectivity index (χ0) is 34.2. The maximum atomic E-state index is 11.7. The summed E-state index contributed by atoms with van der Waals surface area (Å²) in [6.45, 7) is -0.167. The van der Waals surface area contributed by atoms with Crippen LogP contribution in [0.1, 0.15) is 51.8 Å². The molecule has 2 heterocycles. The van der Waals surface area contributed by atoms with Crippen LogP contribution in [0.2, 0.25) is 0 Å². The van der Waals surface area contributed by atoms with Gasteiger partial charge in [0.15, 0.2) is 11.5 Å². The summed E-state index contributed by atoms with van der Waals surface area (Å²) < 4.78 is 18.3. The van der Waals surface area contributed by atoms with E-state index in [9.17, 15) is 30.6 Å². The molecule has 4 aromatic carbocycles. The van der Waals surface area contributed by atoms with Crippen molar-refractivity contribution >= 4 is 6.08 Å². The first-order valence-electron chi connectivity index (χ1n) is 16.7. The van der Waals surface area contributed by atoms with Crippen molar-refractivity contribution in [3.05, 3.63) is 98.6 Å². The third-order valence-electron chi connectivity index (χ3n) is 9.86. The number of aliphatic hydroxyl groups excluding tert-OH is 4. The molecule has 6 N–H and O–H groups in total. The Morgan fingerprint density at radius 3 is 2.55 bits per heavy atom. The first-order chi connectivity index (χ1) is 23.8. The minimum atomic E-state index is -0.943. The van der Waals surface area contributed by atoms with Gasteiger partial charge in [-0.25, -0.2) is 0 Å². The number of nitrogens with zero attached hydrogens (tertiary/aromatic N) is 1. The van der Waals surface area contributed by atoms with E-state index in [0.717, 1.165) is 44.0 Å². The molecule has 256 valence electrons. The zero-order valence-corrected chi connectivity index (χ0v) is 27.3. The normalized spacial score (nSPS) is 18.8. The van der Waals surface area contributed by atoms with Gasteiger partial charge in [0.25, 0.3) is 0 Å². The Hall–Kier alpha value is -4.61. The Kier molecular flexibility index (Phi) is 9.21. The SMILES string of the molecule is COc1cc([C@H]2Oc3cc(OC(CO)CO)c4c(c3C[C@H]2O)C[C@@H](Cc2ccc3c(c2)=CCN=3)c2cc(O)ccc2-4)cc(CCCO)c1O. The molecule has 0 amide bonds. The molecule has 0 saturated heterocycles. The highest BCUT2D eigenvalue weighted by atomic mass is 16.5. The predicted molar refractivity (Wildman–Crippen MR) is 182 cm³/mol. The lowest BCUT2D eigenvalue weighted by molar-refractivity contribution is 0.0195. The molecule has 2 aliphatic heterocycles. The van der Waals surface area contributed by atoms with Crippen molar-refractivity contribution in [1.82, 2.24) is 0 Å². The van der Waals surface area contributed by atoms with Gasteiger partial charge in [-0.2, -0.15) is 0 Å². The number of phenols is 2. The number of methoxy groups -OCH3 is 1. The Bertz CT molecular complexity index is 2010. The van der Waals surface area contributed by atoms with Crippen LogP contribution in [0.25, 0.3) is 17.2 Å². The van der Waals surface area contributed by atoms with Crippen LogP contribution < -0.4 is 24.8 Å². The molecular weight excluding hydrogens is 626 g/mol. The van der Waals surface area contributed by atoms with Crippen molar-refractivity contribution in [3.63, 3.8) is 0 Å². The minimum Gasteiger partial charge on any atom is -0.508 e. The molecule has 0 saturated carbocycles. The highest BCUT2D eigenvalue weighted by Crippen LogP contribution is 2.52. The van der Waals surface area contributed by atoms with E-state index in [0.29, 0.717) is 54.9 Å². The molecule has 7 rings (SSSR count). The number of aliphatic hydroxyl groups is 4. The molecule has 10 heteroatoms. The van der Waals surface area contributed by atoms with Crippen molar-refractivity contribution in [2.24, 2.45) is 4.99 Å². The molecule has 0 aromatic heterocycles. The number of aromatic hydroxyl groups is 2. The second-order valence-electron chi connectivity index (χ2n) is 13.0. The number of phenolic OH excluding ortho intramolecular Hbond substituents is 2. The molecule has 0 fully saturated rings.